The summed E-state index contributed by atoms with van der Waals surface area (Å²) in [7, 11) is 0. The first-order valence-electron chi connectivity index (χ1n) is 7.26. The van der Waals surface area contributed by atoms with Crippen LogP contribution in [0.15, 0.2) is 42.7 Å². The van der Waals surface area contributed by atoms with E-state index >= 15 is 0 Å². The van der Waals surface area contributed by atoms with Gasteiger partial charge in [0.2, 0.25) is 0 Å². The lowest BCUT2D eigenvalue weighted by molar-refractivity contribution is 1.13. The van der Waals surface area contributed by atoms with Gasteiger partial charge in [-0.25, -0.2) is 9.97 Å². The van der Waals surface area contributed by atoms with Crippen molar-refractivity contribution in [2.75, 3.05) is 5.32 Å². The minimum atomic E-state index is 0.868. The zero-order valence-corrected chi connectivity index (χ0v) is 12.6. The van der Waals surface area contributed by atoms with E-state index in [1.165, 1.54) is 16.7 Å². The Morgan fingerprint density at radius 3 is 2.71 bits per heavy atom. The summed E-state index contributed by atoms with van der Waals surface area (Å²) in [5, 5.41) is 4.57. The maximum Gasteiger partial charge on any atom is 0.141 e. The summed E-state index contributed by atoms with van der Waals surface area (Å²) in [4.78, 5) is 8.78. The van der Waals surface area contributed by atoms with Gasteiger partial charge in [-0.2, -0.15) is 0 Å². The Hall–Kier alpha value is -2.42. The molecule has 0 aliphatic heterocycles. The second-order valence-electron chi connectivity index (χ2n) is 5.33. The van der Waals surface area contributed by atoms with Crippen LogP contribution in [0, 0.1) is 13.8 Å². The highest BCUT2D eigenvalue weighted by atomic mass is 15.0. The van der Waals surface area contributed by atoms with Crippen molar-refractivity contribution in [2.24, 2.45) is 0 Å². The van der Waals surface area contributed by atoms with Gasteiger partial charge in [0, 0.05) is 11.1 Å². The normalized spacial score (nSPS) is 10.8. The third-order valence-electron chi connectivity index (χ3n) is 3.77. The number of aryl methyl sites for hydroxylation is 3. The van der Waals surface area contributed by atoms with Gasteiger partial charge in [0.15, 0.2) is 0 Å². The lowest BCUT2D eigenvalue weighted by Crippen LogP contribution is -2.01. The van der Waals surface area contributed by atoms with E-state index in [1.807, 2.05) is 6.07 Å². The number of hydrogen-bond acceptors (Lipinski definition) is 3. The molecule has 0 atom stereocenters. The first kappa shape index (κ1) is 13.6. The number of benzene rings is 2. The van der Waals surface area contributed by atoms with Crippen LogP contribution in [0.3, 0.4) is 0 Å². The van der Waals surface area contributed by atoms with E-state index in [0.717, 1.165) is 28.8 Å². The molecule has 3 aromatic rings. The highest BCUT2D eigenvalue weighted by Crippen LogP contribution is 2.28. The number of nitrogens with zero attached hydrogens (tertiary/aromatic N) is 2. The van der Waals surface area contributed by atoms with E-state index in [4.69, 9.17) is 0 Å². The van der Waals surface area contributed by atoms with Gasteiger partial charge in [0.05, 0.1) is 5.52 Å². The molecule has 0 saturated heterocycles. The van der Waals surface area contributed by atoms with Gasteiger partial charge < -0.3 is 5.32 Å². The number of aromatic nitrogens is 2. The summed E-state index contributed by atoms with van der Waals surface area (Å²) in [5.41, 5.74) is 5.86. The van der Waals surface area contributed by atoms with Crippen LogP contribution in [0.4, 0.5) is 11.5 Å². The highest BCUT2D eigenvalue weighted by Gasteiger charge is 2.08. The summed E-state index contributed by atoms with van der Waals surface area (Å²) >= 11 is 0. The lowest BCUT2D eigenvalue weighted by Gasteiger charge is -2.14. The molecule has 3 nitrogen and oxygen atoms in total. The fraction of sp³-hybridized carbons (Fsp3) is 0.222. The number of para-hydroxylation sites is 1. The summed E-state index contributed by atoms with van der Waals surface area (Å²) in [6, 6.07) is 12.6. The molecule has 3 rings (SSSR count). The van der Waals surface area contributed by atoms with Crippen molar-refractivity contribution < 1.29 is 0 Å². The topological polar surface area (TPSA) is 37.8 Å². The van der Waals surface area contributed by atoms with Gasteiger partial charge in [0.25, 0.3) is 0 Å². The molecule has 0 unspecified atom stereocenters. The van der Waals surface area contributed by atoms with Gasteiger partial charge in [-0.1, -0.05) is 36.8 Å². The van der Waals surface area contributed by atoms with Gasteiger partial charge in [0.1, 0.15) is 12.1 Å². The Labute approximate surface area is 125 Å². The Balaban J connectivity index is 2.13. The second-order valence-corrected chi connectivity index (χ2v) is 5.33. The van der Waals surface area contributed by atoms with Crippen LogP contribution in [0.5, 0.6) is 0 Å². The molecule has 106 valence electrons. The molecule has 0 bridgehead atoms. The molecule has 0 spiro atoms. The number of nitrogens with one attached hydrogen (secondary N) is 1. The third kappa shape index (κ3) is 2.59. The number of fused-ring (bicyclic) bond motifs is 1. The van der Waals surface area contributed by atoms with Crippen LogP contribution in [0.1, 0.15) is 23.6 Å². The van der Waals surface area contributed by atoms with Crippen molar-refractivity contribution in [2.45, 2.75) is 27.2 Å². The highest BCUT2D eigenvalue weighted by molar-refractivity contribution is 5.91. The van der Waals surface area contributed by atoms with Gasteiger partial charge in [-0.3, -0.25) is 0 Å². The molecule has 0 aliphatic carbocycles. The second kappa shape index (κ2) is 5.52. The number of anilines is 2. The van der Waals surface area contributed by atoms with Crippen molar-refractivity contribution in [1.82, 2.24) is 9.97 Å². The zero-order chi connectivity index (χ0) is 14.8. The van der Waals surface area contributed by atoms with Gasteiger partial charge in [-0.05, 0) is 43.5 Å². The Morgan fingerprint density at radius 1 is 1.05 bits per heavy atom. The molecule has 1 heterocycles. The summed E-state index contributed by atoms with van der Waals surface area (Å²) in [6.45, 7) is 6.37. The Morgan fingerprint density at radius 2 is 1.90 bits per heavy atom. The molecule has 0 aliphatic rings. The molecule has 1 N–H and O–H groups in total. The predicted molar refractivity (Wildman–Crippen MR) is 88.1 cm³/mol. The van der Waals surface area contributed by atoms with Crippen molar-refractivity contribution in [1.29, 1.82) is 0 Å². The monoisotopic (exact) mass is 277 g/mol. The summed E-state index contributed by atoms with van der Waals surface area (Å²) < 4.78 is 0. The SMILES string of the molecule is CCc1cccc(C)c1Nc1ncnc2ccc(C)cc12. The molecule has 0 saturated carbocycles. The molecular formula is C18H19N3. The minimum Gasteiger partial charge on any atom is -0.339 e. The van der Waals surface area contributed by atoms with E-state index in [9.17, 15) is 0 Å². The molecule has 21 heavy (non-hydrogen) atoms. The Kier molecular flexibility index (Phi) is 3.57. The molecule has 2 aromatic carbocycles. The number of hydrogen-bond donors (Lipinski definition) is 1. The molecule has 3 heteroatoms. The fourth-order valence-electron chi connectivity index (χ4n) is 2.59. The zero-order valence-electron chi connectivity index (χ0n) is 12.6. The van der Waals surface area contributed by atoms with E-state index in [1.54, 1.807) is 6.33 Å². The molecule has 1 aromatic heterocycles. The van der Waals surface area contributed by atoms with E-state index < -0.39 is 0 Å². The fourth-order valence-corrected chi connectivity index (χ4v) is 2.59. The summed E-state index contributed by atoms with van der Waals surface area (Å²) in [6.07, 6.45) is 2.61. The number of rotatable bonds is 3. The van der Waals surface area contributed by atoms with Crippen molar-refractivity contribution in [3.63, 3.8) is 0 Å². The largest absolute Gasteiger partial charge is 0.339 e. The van der Waals surface area contributed by atoms with Crippen LogP contribution in [-0.2, 0) is 6.42 Å². The molecule has 0 amide bonds. The van der Waals surface area contributed by atoms with E-state index in [0.29, 0.717) is 0 Å². The average Bonchev–Trinajstić information content (AvgIpc) is 2.49. The smallest absolute Gasteiger partial charge is 0.141 e. The maximum atomic E-state index is 4.44. The summed E-state index contributed by atoms with van der Waals surface area (Å²) in [5.74, 6) is 0.868. The van der Waals surface area contributed by atoms with Crippen LogP contribution in [-0.4, -0.2) is 9.97 Å². The molecule has 0 fully saturated rings. The minimum absolute atomic E-state index is 0.868. The van der Waals surface area contributed by atoms with Gasteiger partial charge >= 0.3 is 0 Å². The molecule has 0 radical (unpaired) electrons. The van der Waals surface area contributed by atoms with Crippen molar-refractivity contribution >= 4 is 22.4 Å². The quantitative estimate of drug-likeness (QED) is 0.763. The lowest BCUT2D eigenvalue weighted by atomic mass is 10.1. The maximum absolute atomic E-state index is 4.44. The Bertz CT molecular complexity index is 794. The average molecular weight is 277 g/mol. The standard InChI is InChI=1S/C18H19N3/c1-4-14-7-5-6-13(3)17(14)21-18-15-10-12(2)8-9-16(15)19-11-20-18/h5-11H,4H2,1-3H3,(H,19,20,21). The molecular weight excluding hydrogens is 258 g/mol. The van der Waals surface area contributed by atoms with Crippen LogP contribution in [0.25, 0.3) is 10.9 Å². The van der Waals surface area contributed by atoms with Crippen LogP contribution < -0.4 is 5.32 Å². The van der Waals surface area contributed by atoms with E-state index in [2.05, 4.69) is 66.4 Å². The van der Waals surface area contributed by atoms with Gasteiger partial charge in [-0.15, -0.1) is 0 Å². The van der Waals surface area contributed by atoms with Crippen molar-refractivity contribution in [3.8, 4) is 0 Å². The van der Waals surface area contributed by atoms with E-state index in [-0.39, 0.29) is 0 Å². The first-order valence-corrected chi connectivity index (χ1v) is 7.26. The third-order valence-corrected chi connectivity index (χ3v) is 3.77. The van der Waals surface area contributed by atoms with Crippen molar-refractivity contribution in [3.05, 3.63) is 59.4 Å². The predicted octanol–water partition coefficient (Wildman–Crippen LogP) is 4.55. The van der Waals surface area contributed by atoms with Crippen LogP contribution in [0.2, 0.25) is 0 Å². The first-order chi connectivity index (χ1) is 10.2. The van der Waals surface area contributed by atoms with Crippen LogP contribution >= 0.6 is 0 Å².